The van der Waals surface area contributed by atoms with Crippen LogP contribution >= 0.6 is 0 Å². The summed E-state index contributed by atoms with van der Waals surface area (Å²) >= 11 is 0. The van der Waals surface area contributed by atoms with Crippen molar-refractivity contribution in [3.63, 3.8) is 0 Å². The first kappa shape index (κ1) is 15.6. The van der Waals surface area contributed by atoms with E-state index in [0.717, 1.165) is 5.56 Å². The van der Waals surface area contributed by atoms with Crippen molar-refractivity contribution in [2.45, 2.75) is 13.8 Å². The molecule has 0 heterocycles. The molecule has 2 rings (SSSR count). The molecule has 0 spiro atoms. The normalized spacial score (nSPS) is 10.1. The van der Waals surface area contributed by atoms with E-state index in [2.05, 4.69) is 0 Å². The molecule has 0 saturated heterocycles. The van der Waals surface area contributed by atoms with Gasteiger partial charge in [0.15, 0.2) is 0 Å². The molecule has 0 atom stereocenters. The summed E-state index contributed by atoms with van der Waals surface area (Å²) in [6.07, 6.45) is -0.638. The van der Waals surface area contributed by atoms with Gasteiger partial charge >= 0.3 is 12.1 Å². The van der Waals surface area contributed by atoms with Crippen LogP contribution in [0.3, 0.4) is 0 Å². The van der Waals surface area contributed by atoms with E-state index in [1.54, 1.807) is 37.3 Å². The van der Waals surface area contributed by atoms with Crippen molar-refractivity contribution >= 4 is 23.4 Å². The van der Waals surface area contributed by atoms with Gasteiger partial charge in [-0.25, -0.2) is 14.5 Å². The first-order chi connectivity index (χ1) is 10.5. The van der Waals surface area contributed by atoms with Crippen LogP contribution < -0.4 is 4.90 Å². The Labute approximate surface area is 128 Å². The lowest BCUT2D eigenvalue weighted by atomic mass is 10.0. The van der Waals surface area contributed by atoms with E-state index in [-0.39, 0.29) is 5.56 Å². The zero-order valence-corrected chi connectivity index (χ0v) is 12.7. The average molecular weight is 299 g/mol. The minimum absolute atomic E-state index is 0.0618. The Morgan fingerprint density at radius 2 is 1.73 bits per heavy atom. The fourth-order valence-electron chi connectivity index (χ4n) is 2.41. The third-order valence-electron chi connectivity index (χ3n) is 3.27. The summed E-state index contributed by atoms with van der Waals surface area (Å²) < 4.78 is 4.84. The molecule has 0 aliphatic carbocycles. The lowest BCUT2D eigenvalue weighted by Crippen LogP contribution is -2.28. The highest BCUT2D eigenvalue weighted by Gasteiger charge is 2.26. The number of benzene rings is 2. The molecule has 5 heteroatoms. The molecule has 1 amide bonds. The highest BCUT2D eigenvalue weighted by Crippen LogP contribution is 2.33. The summed E-state index contributed by atoms with van der Waals surface area (Å²) in [5.41, 5.74) is 2.43. The molecule has 5 nitrogen and oxygen atoms in total. The van der Waals surface area contributed by atoms with Gasteiger partial charge in [-0.05, 0) is 43.2 Å². The second-order valence-electron chi connectivity index (χ2n) is 4.92. The minimum atomic E-state index is -1.09. The predicted molar refractivity (Wildman–Crippen MR) is 83.9 cm³/mol. The highest BCUT2D eigenvalue weighted by atomic mass is 16.5. The van der Waals surface area contributed by atoms with E-state index in [0.29, 0.717) is 16.9 Å². The van der Waals surface area contributed by atoms with Crippen LogP contribution in [0.4, 0.5) is 16.2 Å². The van der Waals surface area contributed by atoms with Crippen LogP contribution in [0.2, 0.25) is 0 Å². The molecule has 0 fully saturated rings. The Morgan fingerprint density at radius 1 is 1.09 bits per heavy atom. The zero-order valence-electron chi connectivity index (χ0n) is 12.7. The Bertz CT molecular complexity index is 710. The topological polar surface area (TPSA) is 66.8 Å². The summed E-state index contributed by atoms with van der Waals surface area (Å²) in [5, 5.41) is 9.49. The van der Waals surface area contributed by atoms with Crippen molar-refractivity contribution in [2.24, 2.45) is 0 Å². The van der Waals surface area contributed by atoms with Gasteiger partial charge in [-0.2, -0.15) is 0 Å². The Hall–Kier alpha value is -2.82. The van der Waals surface area contributed by atoms with Crippen LogP contribution in [0.1, 0.15) is 21.5 Å². The summed E-state index contributed by atoms with van der Waals surface area (Å²) in [6.45, 7) is 3.59. The van der Waals surface area contributed by atoms with Crippen molar-refractivity contribution in [1.29, 1.82) is 0 Å². The molecular formula is C17H17NO4. The molecule has 0 radical (unpaired) electrons. The Kier molecular flexibility index (Phi) is 4.46. The maximum atomic E-state index is 12.2. The van der Waals surface area contributed by atoms with Crippen molar-refractivity contribution in [3.05, 3.63) is 59.2 Å². The van der Waals surface area contributed by atoms with Crippen molar-refractivity contribution in [2.75, 3.05) is 12.0 Å². The number of hydrogen-bond acceptors (Lipinski definition) is 3. The first-order valence-electron chi connectivity index (χ1n) is 6.73. The molecule has 0 aliphatic heterocycles. The first-order valence-corrected chi connectivity index (χ1v) is 6.73. The predicted octanol–water partition coefficient (Wildman–Crippen LogP) is 3.91. The molecule has 0 aliphatic rings. The molecule has 0 unspecified atom stereocenters. The number of carboxylic acids is 1. The zero-order chi connectivity index (χ0) is 16.3. The number of amides is 1. The summed E-state index contributed by atoms with van der Waals surface area (Å²) in [7, 11) is 1.27. The molecule has 2 aromatic rings. The van der Waals surface area contributed by atoms with Gasteiger partial charge < -0.3 is 9.84 Å². The minimum Gasteiger partial charge on any atom is -0.478 e. The van der Waals surface area contributed by atoms with Gasteiger partial charge in [0, 0.05) is 0 Å². The van der Waals surface area contributed by atoms with Crippen LogP contribution in [0.25, 0.3) is 0 Å². The van der Waals surface area contributed by atoms with Crippen molar-refractivity contribution in [1.82, 2.24) is 0 Å². The molecule has 22 heavy (non-hydrogen) atoms. The summed E-state index contributed by atoms with van der Waals surface area (Å²) in [6, 6.07) is 12.2. The van der Waals surface area contributed by atoms with Gasteiger partial charge in [-0.15, -0.1) is 0 Å². The molecule has 2 aromatic carbocycles. The SMILES string of the molecule is COC(=O)N(c1ccccc1)c1c(C)cc(C)cc1C(=O)O. The third kappa shape index (κ3) is 2.93. The number of carbonyl (C=O) groups is 2. The van der Waals surface area contributed by atoms with Crippen LogP contribution in [0.15, 0.2) is 42.5 Å². The molecular weight excluding hydrogens is 282 g/mol. The maximum Gasteiger partial charge on any atom is 0.418 e. The lowest BCUT2D eigenvalue weighted by molar-refractivity contribution is 0.0697. The molecule has 0 bridgehead atoms. The number of para-hydroxylation sites is 1. The number of nitrogens with zero attached hydrogens (tertiary/aromatic N) is 1. The second-order valence-corrected chi connectivity index (χ2v) is 4.92. The molecule has 0 aromatic heterocycles. The van der Waals surface area contributed by atoms with E-state index in [1.165, 1.54) is 12.0 Å². The molecule has 1 N–H and O–H groups in total. The van der Waals surface area contributed by atoms with Gasteiger partial charge in [-0.3, -0.25) is 0 Å². The number of rotatable bonds is 3. The number of ether oxygens (including phenoxy) is 1. The second kappa shape index (κ2) is 6.30. The van der Waals surface area contributed by atoms with Crippen LogP contribution in [-0.4, -0.2) is 24.3 Å². The van der Waals surface area contributed by atoms with E-state index in [4.69, 9.17) is 4.74 Å². The standard InChI is InChI=1S/C17H17NO4/c1-11-9-12(2)15(14(10-11)16(19)20)18(17(21)22-3)13-7-5-4-6-8-13/h4-10H,1-3H3,(H,19,20). The van der Waals surface area contributed by atoms with Crippen LogP contribution in [-0.2, 0) is 4.74 Å². The maximum absolute atomic E-state index is 12.2. The number of carbonyl (C=O) groups excluding carboxylic acids is 1. The van der Waals surface area contributed by atoms with Gasteiger partial charge in [0.2, 0.25) is 0 Å². The number of aryl methyl sites for hydroxylation is 2. The van der Waals surface area contributed by atoms with E-state index < -0.39 is 12.1 Å². The summed E-state index contributed by atoms with van der Waals surface area (Å²) in [5.74, 6) is -1.09. The van der Waals surface area contributed by atoms with Crippen molar-refractivity contribution < 1.29 is 19.4 Å². The van der Waals surface area contributed by atoms with Gasteiger partial charge in [0.05, 0.1) is 24.0 Å². The Morgan fingerprint density at radius 3 is 2.27 bits per heavy atom. The molecule has 0 saturated carbocycles. The molecule has 114 valence electrons. The monoisotopic (exact) mass is 299 g/mol. The van der Waals surface area contributed by atoms with E-state index in [9.17, 15) is 14.7 Å². The van der Waals surface area contributed by atoms with Crippen LogP contribution in [0, 0.1) is 13.8 Å². The van der Waals surface area contributed by atoms with E-state index >= 15 is 0 Å². The van der Waals surface area contributed by atoms with Crippen LogP contribution in [0.5, 0.6) is 0 Å². The number of hydrogen-bond donors (Lipinski definition) is 1. The fraction of sp³-hybridized carbons (Fsp3) is 0.176. The number of methoxy groups -OCH3 is 1. The largest absolute Gasteiger partial charge is 0.478 e. The Balaban J connectivity index is 2.73. The average Bonchev–Trinajstić information content (AvgIpc) is 2.49. The van der Waals surface area contributed by atoms with Crippen molar-refractivity contribution in [3.8, 4) is 0 Å². The third-order valence-corrected chi connectivity index (χ3v) is 3.27. The summed E-state index contributed by atoms with van der Waals surface area (Å²) in [4.78, 5) is 25.1. The van der Waals surface area contributed by atoms with Gasteiger partial charge in [0.25, 0.3) is 0 Å². The fourth-order valence-corrected chi connectivity index (χ4v) is 2.41. The number of aromatic carboxylic acids is 1. The van der Waals surface area contributed by atoms with Gasteiger partial charge in [-0.1, -0.05) is 24.3 Å². The smallest absolute Gasteiger partial charge is 0.418 e. The number of anilines is 2. The van der Waals surface area contributed by atoms with E-state index in [1.807, 2.05) is 19.1 Å². The lowest BCUT2D eigenvalue weighted by Gasteiger charge is -2.25. The number of carboxylic acid groups (broad SMARTS) is 1. The highest BCUT2D eigenvalue weighted by molar-refractivity contribution is 6.05. The quantitative estimate of drug-likeness (QED) is 0.933. The van der Waals surface area contributed by atoms with Gasteiger partial charge in [0.1, 0.15) is 0 Å².